The number of nitrogens with zero attached hydrogens (tertiary/aromatic N) is 1. The zero-order chi connectivity index (χ0) is 19.2. The van der Waals surface area contributed by atoms with Crippen LogP contribution in [0, 0.1) is 5.92 Å². The minimum absolute atomic E-state index is 0.0878. The summed E-state index contributed by atoms with van der Waals surface area (Å²) in [6.07, 6.45) is 6.16. The van der Waals surface area contributed by atoms with Crippen LogP contribution in [0.1, 0.15) is 65.7 Å². The van der Waals surface area contributed by atoms with Crippen molar-refractivity contribution in [1.82, 2.24) is 15.5 Å². The number of nitrogens with one attached hydrogen (secondary N) is 2. The van der Waals surface area contributed by atoms with Gasteiger partial charge in [-0.25, -0.2) is 4.79 Å². The summed E-state index contributed by atoms with van der Waals surface area (Å²) in [6.45, 7) is 6.77. The van der Waals surface area contributed by atoms with Crippen molar-refractivity contribution in [1.29, 1.82) is 0 Å². The van der Waals surface area contributed by atoms with Crippen LogP contribution < -0.4 is 10.6 Å². The normalized spacial score (nSPS) is 21.3. The van der Waals surface area contributed by atoms with Gasteiger partial charge in [0.15, 0.2) is 0 Å². The molecule has 2 fully saturated rings. The molecule has 148 valence electrons. The molecule has 1 unspecified atom stereocenters. The van der Waals surface area contributed by atoms with Gasteiger partial charge in [0.2, 0.25) is 11.8 Å². The van der Waals surface area contributed by atoms with Gasteiger partial charge in [0, 0.05) is 25.6 Å². The van der Waals surface area contributed by atoms with Crippen LogP contribution in [0.15, 0.2) is 0 Å². The van der Waals surface area contributed by atoms with E-state index in [9.17, 15) is 14.4 Å². The summed E-state index contributed by atoms with van der Waals surface area (Å²) in [5.41, 5.74) is -0.583. The molecule has 7 nitrogen and oxygen atoms in total. The fourth-order valence-electron chi connectivity index (χ4n) is 3.56. The molecule has 1 atom stereocenters. The average Bonchev–Trinajstić information content (AvgIpc) is 3.11. The number of piperidine rings is 1. The lowest BCUT2D eigenvalue weighted by Gasteiger charge is -2.35. The second kappa shape index (κ2) is 9.24. The summed E-state index contributed by atoms with van der Waals surface area (Å²) in [6, 6.07) is -0.496. The lowest BCUT2D eigenvalue weighted by Crippen LogP contribution is -2.53. The summed E-state index contributed by atoms with van der Waals surface area (Å²) in [5, 5.41) is 5.73. The van der Waals surface area contributed by atoms with Crippen LogP contribution in [0.3, 0.4) is 0 Å². The minimum Gasteiger partial charge on any atom is -0.444 e. The highest BCUT2D eigenvalue weighted by atomic mass is 16.6. The zero-order valence-corrected chi connectivity index (χ0v) is 16.3. The number of ether oxygens (including phenoxy) is 1. The Balaban J connectivity index is 1.76. The zero-order valence-electron chi connectivity index (χ0n) is 16.3. The Hall–Kier alpha value is -1.79. The van der Waals surface area contributed by atoms with Crippen molar-refractivity contribution < 1.29 is 19.1 Å². The number of hydrogen-bond donors (Lipinski definition) is 2. The molecule has 2 N–H and O–H groups in total. The maximum Gasteiger partial charge on any atom is 0.410 e. The third-order valence-corrected chi connectivity index (χ3v) is 4.88. The van der Waals surface area contributed by atoms with Crippen LogP contribution in [-0.4, -0.2) is 54.1 Å². The molecule has 0 aromatic carbocycles. The third-order valence-electron chi connectivity index (χ3n) is 4.88. The van der Waals surface area contributed by atoms with E-state index >= 15 is 0 Å². The molecule has 1 saturated heterocycles. The fourth-order valence-corrected chi connectivity index (χ4v) is 3.56. The lowest BCUT2D eigenvalue weighted by molar-refractivity contribution is -0.128. The van der Waals surface area contributed by atoms with E-state index in [0.717, 1.165) is 38.5 Å². The van der Waals surface area contributed by atoms with Crippen LogP contribution in [0.4, 0.5) is 4.79 Å². The van der Waals surface area contributed by atoms with Gasteiger partial charge in [0.05, 0.1) is 0 Å². The fraction of sp³-hybridized carbons (Fsp3) is 0.842. The van der Waals surface area contributed by atoms with Crippen molar-refractivity contribution >= 4 is 17.9 Å². The van der Waals surface area contributed by atoms with Crippen LogP contribution >= 0.6 is 0 Å². The van der Waals surface area contributed by atoms with Gasteiger partial charge in [-0.2, -0.15) is 0 Å². The van der Waals surface area contributed by atoms with Gasteiger partial charge < -0.3 is 15.4 Å². The predicted octanol–water partition coefficient (Wildman–Crippen LogP) is 2.20. The van der Waals surface area contributed by atoms with Gasteiger partial charge in [-0.15, -0.1) is 0 Å². The van der Waals surface area contributed by atoms with Crippen LogP contribution in [0.2, 0.25) is 0 Å². The summed E-state index contributed by atoms with van der Waals surface area (Å²) in [7, 11) is 0. The standard InChI is InChI=1S/C19H33N3O4/c1-19(2,3)26-18(25)22-13-7-6-10-15(22)17(24)21-12-11-20-16(23)14-8-4-5-9-14/h14-15H,4-13H2,1-3H3,(H,20,23)(H,21,24). The first-order chi connectivity index (χ1) is 12.3. The van der Waals surface area contributed by atoms with E-state index in [1.807, 2.05) is 20.8 Å². The molecule has 0 spiro atoms. The monoisotopic (exact) mass is 367 g/mol. The molecule has 0 aromatic heterocycles. The highest BCUT2D eigenvalue weighted by molar-refractivity contribution is 5.86. The molecule has 26 heavy (non-hydrogen) atoms. The molecule has 1 aliphatic carbocycles. The molecule has 2 aliphatic rings. The van der Waals surface area contributed by atoms with E-state index in [2.05, 4.69) is 10.6 Å². The summed E-state index contributed by atoms with van der Waals surface area (Å²) < 4.78 is 5.42. The quantitative estimate of drug-likeness (QED) is 0.729. The van der Waals surface area contributed by atoms with Crippen LogP contribution in [0.5, 0.6) is 0 Å². The summed E-state index contributed by atoms with van der Waals surface area (Å²) in [4.78, 5) is 38.4. The Labute approximate surface area is 156 Å². The number of carbonyl (C=O) groups is 3. The Morgan fingerprint density at radius 1 is 0.923 bits per heavy atom. The number of rotatable bonds is 5. The Morgan fingerprint density at radius 3 is 2.12 bits per heavy atom. The average molecular weight is 367 g/mol. The van der Waals surface area contributed by atoms with E-state index in [1.165, 1.54) is 4.90 Å². The number of hydrogen-bond acceptors (Lipinski definition) is 4. The van der Waals surface area contributed by atoms with E-state index in [0.29, 0.717) is 26.1 Å². The van der Waals surface area contributed by atoms with Gasteiger partial charge in [-0.1, -0.05) is 12.8 Å². The van der Waals surface area contributed by atoms with Crippen molar-refractivity contribution in [2.75, 3.05) is 19.6 Å². The first-order valence-corrected chi connectivity index (χ1v) is 9.83. The molecule has 2 rings (SSSR count). The Bertz CT molecular complexity index is 509. The molecular weight excluding hydrogens is 334 g/mol. The maximum absolute atomic E-state index is 12.5. The molecule has 7 heteroatoms. The Kier molecular flexibility index (Phi) is 7.29. The lowest BCUT2D eigenvalue weighted by atomic mass is 10.0. The minimum atomic E-state index is -0.583. The number of likely N-dealkylation sites (tertiary alicyclic amines) is 1. The van der Waals surface area contributed by atoms with E-state index in [4.69, 9.17) is 4.74 Å². The smallest absolute Gasteiger partial charge is 0.410 e. The largest absolute Gasteiger partial charge is 0.444 e. The van der Waals surface area contributed by atoms with Gasteiger partial charge in [0.25, 0.3) is 0 Å². The maximum atomic E-state index is 12.5. The molecule has 3 amide bonds. The van der Waals surface area contributed by atoms with Gasteiger partial charge in [0.1, 0.15) is 11.6 Å². The highest BCUT2D eigenvalue weighted by Gasteiger charge is 2.34. The van der Waals surface area contributed by atoms with Crippen LogP contribution in [-0.2, 0) is 14.3 Å². The van der Waals surface area contributed by atoms with Crippen molar-refractivity contribution in [3.05, 3.63) is 0 Å². The number of carbonyl (C=O) groups excluding carboxylic acids is 3. The Morgan fingerprint density at radius 2 is 1.50 bits per heavy atom. The van der Waals surface area contributed by atoms with Crippen molar-refractivity contribution in [3.63, 3.8) is 0 Å². The summed E-state index contributed by atoms with van der Waals surface area (Å²) in [5.74, 6) is 0.0437. The van der Waals surface area contributed by atoms with Crippen molar-refractivity contribution in [3.8, 4) is 0 Å². The highest BCUT2D eigenvalue weighted by Crippen LogP contribution is 2.24. The van der Waals surface area contributed by atoms with E-state index in [-0.39, 0.29) is 17.7 Å². The van der Waals surface area contributed by atoms with Crippen LogP contribution in [0.25, 0.3) is 0 Å². The topological polar surface area (TPSA) is 87.7 Å². The second-order valence-corrected chi connectivity index (χ2v) is 8.25. The molecule has 0 radical (unpaired) electrons. The van der Waals surface area contributed by atoms with E-state index < -0.39 is 17.7 Å². The first kappa shape index (κ1) is 20.5. The number of amides is 3. The van der Waals surface area contributed by atoms with Crippen molar-refractivity contribution in [2.24, 2.45) is 5.92 Å². The molecule has 0 bridgehead atoms. The molecule has 1 saturated carbocycles. The molecule has 0 aromatic rings. The third kappa shape index (κ3) is 6.18. The van der Waals surface area contributed by atoms with E-state index in [1.54, 1.807) is 0 Å². The summed E-state index contributed by atoms with van der Waals surface area (Å²) >= 11 is 0. The molecular formula is C19H33N3O4. The molecule has 1 aliphatic heterocycles. The second-order valence-electron chi connectivity index (χ2n) is 8.25. The van der Waals surface area contributed by atoms with Gasteiger partial charge in [-0.05, 0) is 52.9 Å². The van der Waals surface area contributed by atoms with Gasteiger partial charge >= 0.3 is 6.09 Å². The van der Waals surface area contributed by atoms with Gasteiger partial charge in [-0.3, -0.25) is 14.5 Å². The SMILES string of the molecule is CC(C)(C)OC(=O)N1CCCCC1C(=O)NCCNC(=O)C1CCCC1. The predicted molar refractivity (Wildman–Crippen MR) is 98.6 cm³/mol. The first-order valence-electron chi connectivity index (χ1n) is 9.83. The van der Waals surface area contributed by atoms with Crippen molar-refractivity contribution in [2.45, 2.75) is 77.4 Å². The molecule has 1 heterocycles.